The van der Waals surface area contributed by atoms with Gasteiger partial charge in [0.15, 0.2) is 0 Å². The summed E-state index contributed by atoms with van der Waals surface area (Å²) in [6.07, 6.45) is 1.66. The Labute approximate surface area is 90.0 Å². The van der Waals surface area contributed by atoms with Crippen molar-refractivity contribution in [3.8, 4) is 11.4 Å². The van der Waals surface area contributed by atoms with Gasteiger partial charge in [-0.15, -0.1) is 0 Å². The van der Waals surface area contributed by atoms with Gasteiger partial charge in [-0.3, -0.25) is 4.57 Å². The van der Waals surface area contributed by atoms with Crippen molar-refractivity contribution in [2.75, 3.05) is 0 Å². The first-order valence-electron chi connectivity index (χ1n) is 4.07. The van der Waals surface area contributed by atoms with E-state index in [1.807, 2.05) is 0 Å². The molecule has 0 saturated carbocycles. The molecule has 1 N–H and O–H groups in total. The molecular weight excluding hydrogens is 218 g/mol. The van der Waals surface area contributed by atoms with E-state index in [4.69, 9.17) is 16.7 Å². The van der Waals surface area contributed by atoms with Crippen LogP contribution < -0.4 is 0 Å². The second-order valence-corrected chi connectivity index (χ2v) is 3.16. The molecule has 0 aromatic carbocycles. The monoisotopic (exact) mass is 223 g/mol. The molecule has 2 aromatic heterocycles. The molecule has 0 spiro atoms. The first kappa shape index (κ1) is 9.67. The van der Waals surface area contributed by atoms with Gasteiger partial charge >= 0.3 is 6.09 Å². The van der Waals surface area contributed by atoms with E-state index in [0.29, 0.717) is 11.4 Å². The average molecular weight is 224 g/mol. The van der Waals surface area contributed by atoms with Crippen molar-refractivity contribution in [3.05, 3.63) is 35.9 Å². The van der Waals surface area contributed by atoms with Crippen molar-refractivity contribution in [1.29, 1.82) is 0 Å². The maximum atomic E-state index is 10.8. The molecule has 0 fully saturated rings. The number of carboxylic acid groups (broad SMARTS) is 1. The lowest BCUT2D eigenvalue weighted by Crippen LogP contribution is -2.08. The SMILES string of the molecule is O=C(O)n1cccc1-c1cc(Cl)ncn1. The number of halogens is 1. The molecule has 0 radical (unpaired) electrons. The number of hydrogen-bond donors (Lipinski definition) is 1. The van der Waals surface area contributed by atoms with Crippen LogP contribution in [0.5, 0.6) is 0 Å². The highest BCUT2D eigenvalue weighted by Crippen LogP contribution is 2.19. The van der Waals surface area contributed by atoms with Crippen molar-refractivity contribution < 1.29 is 9.90 Å². The van der Waals surface area contributed by atoms with Crippen LogP contribution in [0.15, 0.2) is 30.7 Å². The van der Waals surface area contributed by atoms with Crippen LogP contribution in [0.1, 0.15) is 0 Å². The molecule has 76 valence electrons. The Morgan fingerprint density at radius 1 is 1.47 bits per heavy atom. The molecule has 0 unspecified atom stereocenters. The van der Waals surface area contributed by atoms with Crippen LogP contribution in [0.4, 0.5) is 4.79 Å². The maximum Gasteiger partial charge on any atom is 0.416 e. The van der Waals surface area contributed by atoms with Crippen molar-refractivity contribution in [1.82, 2.24) is 14.5 Å². The summed E-state index contributed by atoms with van der Waals surface area (Å²) in [6.45, 7) is 0. The largest absolute Gasteiger partial charge is 0.464 e. The highest BCUT2D eigenvalue weighted by molar-refractivity contribution is 6.29. The molecule has 0 aliphatic heterocycles. The highest BCUT2D eigenvalue weighted by Gasteiger charge is 2.10. The van der Waals surface area contributed by atoms with E-state index in [-0.39, 0.29) is 5.15 Å². The van der Waals surface area contributed by atoms with Crippen LogP contribution in [0.3, 0.4) is 0 Å². The molecule has 2 heterocycles. The lowest BCUT2D eigenvalue weighted by Gasteiger charge is -2.02. The maximum absolute atomic E-state index is 10.8. The van der Waals surface area contributed by atoms with Crippen molar-refractivity contribution in [2.45, 2.75) is 0 Å². The first-order valence-corrected chi connectivity index (χ1v) is 4.45. The highest BCUT2D eigenvalue weighted by atomic mass is 35.5. The summed E-state index contributed by atoms with van der Waals surface area (Å²) < 4.78 is 1.07. The van der Waals surface area contributed by atoms with Crippen LogP contribution in [0.2, 0.25) is 5.15 Å². The standard InChI is InChI=1S/C9H6ClN3O2/c10-8-4-6(11-5-12-8)7-2-1-3-13(7)9(14)15/h1-5H,(H,14,15). The van der Waals surface area contributed by atoms with Crippen molar-refractivity contribution >= 4 is 17.7 Å². The summed E-state index contributed by atoms with van der Waals surface area (Å²) in [6, 6.07) is 4.78. The van der Waals surface area contributed by atoms with Crippen molar-refractivity contribution in [3.63, 3.8) is 0 Å². The summed E-state index contributed by atoms with van der Waals surface area (Å²) in [5, 5.41) is 9.15. The molecule has 0 saturated heterocycles. The molecule has 6 heteroatoms. The predicted octanol–water partition coefficient (Wildman–Crippen LogP) is 2.12. The number of hydrogen-bond acceptors (Lipinski definition) is 3. The van der Waals surface area contributed by atoms with E-state index in [9.17, 15) is 4.79 Å². The van der Waals surface area contributed by atoms with E-state index >= 15 is 0 Å². The first-order chi connectivity index (χ1) is 7.18. The van der Waals surface area contributed by atoms with Gasteiger partial charge in [-0.05, 0) is 12.1 Å². The van der Waals surface area contributed by atoms with Crippen LogP contribution in [0.25, 0.3) is 11.4 Å². The average Bonchev–Trinajstić information content (AvgIpc) is 2.65. The van der Waals surface area contributed by atoms with Gasteiger partial charge in [0.1, 0.15) is 11.5 Å². The summed E-state index contributed by atoms with van der Waals surface area (Å²) in [5.74, 6) is 0. The van der Waals surface area contributed by atoms with Gasteiger partial charge < -0.3 is 5.11 Å². The summed E-state index contributed by atoms with van der Waals surface area (Å²) >= 11 is 5.69. The van der Waals surface area contributed by atoms with Crippen LogP contribution in [-0.2, 0) is 0 Å². The van der Waals surface area contributed by atoms with E-state index < -0.39 is 6.09 Å². The summed E-state index contributed by atoms with van der Waals surface area (Å²) in [5.41, 5.74) is 0.939. The van der Waals surface area contributed by atoms with Gasteiger partial charge in [0.05, 0.1) is 11.4 Å². The van der Waals surface area contributed by atoms with Crippen LogP contribution >= 0.6 is 11.6 Å². The topological polar surface area (TPSA) is 68.0 Å². The Bertz CT molecular complexity index is 510. The number of nitrogens with zero attached hydrogens (tertiary/aromatic N) is 3. The smallest absolute Gasteiger partial charge is 0.416 e. The lowest BCUT2D eigenvalue weighted by atomic mass is 10.3. The third kappa shape index (κ3) is 1.82. The quantitative estimate of drug-likeness (QED) is 0.752. The number of aromatic nitrogens is 3. The Balaban J connectivity index is 2.54. The molecule has 2 rings (SSSR count). The Morgan fingerprint density at radius 3 is 2.93 bits per heavy atom. The molecule has 2 aromatic rings. The van der Waals surface area contributed by atoms with Gasteiger partial charge in [-0.2, -0.15) is 0 Å². The zero-order chi connectivity index (χ0) is 10.8. The normalized spacial score (nSPS) is 10.2. The van der Waals surface area contributed by atoms with Crippen molar-refractivity contribution in [2.24, 2.45) is 0 Å². The van der Waals surface area contributed by atoms with E-state index in [1.165, 1.54) is 18.6 Å². The van der Waals surface area contributed by atoms with Crippen LogP contribution in [0, 0.1) is 0 Å². The fourth-order valence-electron chi connectivity index (χ4n) is 1.23. The van der Waals surface area contributed by atoms with Gasteiger partial charge in [-0.25, -0.2) is 14.8 Å². The molecule has 15 heavy (non-hydrogen) atoms. The molecule has 0 bridgehead atoms. The predicted molar refractivity (Wildman–Crippen MR) is 53.9 cm³/mol. The fourth-order valence-corrected chi connectivity index (χ4v) is 1.38. The third-order valence-corrected chi connectivity index (χ3v) is 2.06. The second-order valence-electron chi connectivity index (χ2n) is 2.77. The zero-order valence-electron chi connectivity index (χ0n) is 7.46. The van der Waals surface area contributed by atoms with E-state index in [0.717, 1.165) is 4.57 Å². The van der Waals surface area contributed by atoms with E-state index in [2.05, 4.69) is 9.97 Å². The van der Waals surface area contributed by atoms with E-state index in [1.54, 1.807) is 12.1 Å². The minimum Gasteiger partial charge on any atom is -0.464 e. The molecule has 0 amide bonds. The minimum absolute atomic E-state index is 0.276. The molecule has 0 atom stereocenters. The van der Waals surface area contributed by atoms with Crippen LogP contribution in [-0.4, -0.2) is 25.7 Å². The third-order valence-electron chi connectivity index (χ3n) is 1.85. The Kier molecular flexibility index (Phi) is 2.39. The molecular formula is C9H6ClN3O2. The van der Waals surface area contributed by atoms with Gasteiger partial charge in [0.25, 0.3) is 0 Å². The molecule has 0 aliphatic rings. The summed E-state index contributed by atoms with van der Waals surface area (Å²) in [7, 11) is 0. The lowest BCUT2D eigenvalue weighted by molar-refractivity contribution is 0.197. The van der Waals surface area contributed by atoms with Gasteiger partial charge in [-0.1, -0.05) is 11.6 Å². The molecule has 5 nitrogen and oxygen atoms in total. The molecule has 0 aliphatic carbocycles. The zero-order valence-corrected chi connectivity index (χ0v) is 8.22. The number of carbonyl (C=O) groups is 1. The minimum atomic E-state index is -1.07. The van der Waals surface area contributed by atoms with Gasteiger partial charge in [0, 0.05) is 12.3 Å². The Hall–Kier alpha value is -1.88. The Morgan fingerprint density at radius 2 is 2.27 bits per heavy atom. The van der Waals surface area contributed by atoms with Gasteiger partial charge in [0.2, 0.25) is 0 Å². The fraction of sp³-hybridized carbons (Fsp3) is 0. The summed E-state index contributed by atoms with van der Waals surface area (Å²) in [4.78, 5) is 18.5. The number of rotatable bonds is 1. The second kappa shape index (κ2) is 3.70.